The van der Waals surface area contributed by atoms with Crippen molar-refractivity contribution in [2.24, 2.45) is 0 Å². The zero-order valence-electron chi connectivity index (χ0n) is 5.60. The molecule has 1 heterocycles. The van der Waals surface area contributed by atoms with Gasteiger partial charge in [0.15, 0.2) is 0 Å². The Balaban J connectivity index is 3.15. The van der Waals surface area contributed by atoms with Crippen molar-refractivity contribution >= 4 is 0 Å². The summed E-state index contributed by atoms with van der Waals surface area (Å²) in [5.41, 5.74) is -0.257. The highest BCUT2D eigenvalue weighted by Gasteiger charge is 2.00. The Labute approximate surface area is 62.1 Å². The number of halogens is 1. The van der Waals surface area contributed by atoms with Crippen LogP contribution >= 0.6 is 0 Å². The number of aromatic amines is 1. The summed E-state index contributed by atoms with van der Waals surface area (Å²) in [4.78, 5) is 12.7. The van der Waals surface area contributed by atoms with Crippen LogP contribution in [-0.4, -0.2) is 4.98 Å². The third-order valence-corrected chi connectivity index (χ3v) is 1.22. The van der Waals surface area contributed by atoms with Gasteiger partial charge >= 0.3 is 0 Å². The molecule has 1 rings (SSSR count). The highest BCUT2D eigenvalue weighted by Crippen LogP contribution is 2.01. The fourth-order valence-electron chi connectivity index (χ4n) is 0.717. The number of nitriles is 1. The van der Waals surface area contributed by atoms with Crippen LogP contribution in [0.3, 0.4) is 0 Å². The van der Waals surface area contributed by atoms with Crippen molar-refractivity contribution in [1.29, 1.82) is 5.26 Å². The maximum absolute atomic E-state index is 12.6. The maximum Gasteiger partial charge on any atom is 0.248 e. The van der Waals surface area contributed by atoms with Crippen molar-refractivity contribution in [3.63, 3.8) is 0 Å². The van der Waals surface area contributed by atoms with Crippen molar-refractivity contribution in [3.05, 3.63) is 34.0 Å². The summed E-state index contributed by atoms with van der Waals surface area (Å²) in [5.74, 6) is -0.550. The molecule has 0 bridgehead atoms. The molecule has 1 aromatic rings. The van der Waals surface area contributed by atoms with Crippen LogP contribution in [0.2, 0.25) is 0 Å². The molecule has 56 valence electrons. The van der Waals surface area contributed by atoms with E-state index < -0.39 is 11.4 Å². The molecule has 1 N–H and O–H groups in total. The minimum absolute atomic E-state index is 0.0737. The number of nitrogens with zero attached hydrogens (tertiary/aromatic N) is 1. The van der Waals surface area contributed by atoms with E-state index in [0.29, 0.717) is 0 Å². The highest BCUT2D eigenvalue weighted by atomic mass is 19.1. The Bertz CT molecular complexity index is 350. The van der Waals surface area contributed by atoms with Gasteiger partial charge in [-0.15, -0.1) is 0 Å². The van der Waals surface area contributed by atoms with Crippen LogP contribution in [0.15, 0.2) is 17.1 Å². The van der Waals surface area contributed by atoms with E-state index in [1.165, 1.54) is 0 Å². The molecule has 1 aromatic heterocycles. The second-order valence-electron chi connectivity index (χ2n) is 2.01. The number of H-pyrrole nitrogens is 1. The lowest BCUT2D eigenvalue weighted by Crippen LogP contribution is -2.06. The molecule has 0 aromatic carbocycles. The van der Waals surface area contributed by atoms with E-state index in [1.54, 1.807) is 6.07 Å². The Morgan fingerprint density at radius 2 is 2.45 bits per heavy atom. The molecule has 0 aliphatic carbocycles. The van der Waals surface area contributed by atoms with E-state index in [-0.39, 0.29) is 12.0 Å². The molecule has 0 spiro atoms. The third-order valence-electron chi connectivity index (χ3n) is 1.22. The van der Waals surface area contributed by atoms with Gasteiger partial charge in [-0.1, -0.05) is 0 Å². The predicted octanol–water partition coefficient (Wildman–Crippen LogP) is 0.580. The molecular formula is C7H5FN2O. The molecule has 0 unspecified atom stereocenters. The summed E-state index contributed by atoms with van der Waals surface area (Å²) < 4.78 is 12.6. The minimum atomic E-state index is -0.550. The molecule has 0 atom stereocenters. The monoisotopic (exact) mass is 152 g/mol. The van der Waals surface area contributed by atoms with Crippen LogP contribution < -0.4 is 5.56 Å². The Morgan fingerprint density at radius 1 is 1.73 bits per heavy atom. The molecule has 0 fully saturated rings. The van der Waals surface area contributed by atoms with Gasteiger partial charge in [0.2, 0.25) is 5.56 Å². The number of rotatable bonds is 1. The van der Waals surface area contributed by atoms with Crippen LogP contribution in [0.4, 0.5) is 4.39 Å². The molecule has 0 amide bonds. The molecule has 4 heteroatoms. The third kappa shape index (κ3) is 1.64. The quantitative estimate of drug-likeness (QED) is 0.639. The molecule has 0 saturated heterocycles. The predicted molar refractivity (Wildman–Crippen MR) is 36.3 cm³/mol. The van der Waals surface area contributed by atoms with Gasteiger partial charge in [0.25, 0.3) is 0 Å². The van der Waals surface area contributed by atoms with Gasteiger partial charge in [0.05, 0.1) is 12.5 Å². The summed E-state index contributed by atoms with van der Waals surface area (Å²) in [6.07, 6.45) is 0.880. The van der Waals surface area contributed by atoms with Gasteiger partial charge < -0.3 is 4.98 Å². The van der Waals surface area contributed by atoms with Crippen LogP contribution in [0.5, 0.6) is 0 Å². The topological polar surface area (TPSA) is 56.6 Å². The first kappa shape index (κ1) is 7.48. The molecular weight excluding hydrogens is 147 g/mol. The SMILES string of the molecule is N#CCc1cc(=O)[nH]cc1F. The summed E-state index contributed by atoms with van der Waals surface area (Å²) >= 11 is 0. The van der Waals surface area contributed by atoms with Gasteiger partial charge in [-0.2, -0.15) is 5.26 Å². The molecule has 0 saturated carbocycles. The van der Waals surface area contributed by atoms with Gasteiger partial charge in [-0.25, -0.2) is 4.39 Å². The number of pyridine rings is 1. The molecule has 3 nitrogen and oxygen atoms in total. The van der Waals surface area contributed by atoms with Gasteiger partial charge in [-0.3, -0.25) is 4.79 Å². The second kappa shape index (κ2) is 2.97. The van der Waals surface area contributed by atoms with Gasteiger partial charge in [0, 0.05) is 17.8 Å². The van der Waals surface area contributed by atoms with Crippen LogP contribution in [0, 0.1) is 17.1 Å². The lowest BCUT2D eigenvalue weighted by molar-refractivity contribution is 0.607. The normalized spacial score (nSPS) is 9.09. The average molecular weight is 152 g/mol. The van der Waals surface area contributed by atoms with E-state index in [1.807, 2.05) is 0 Å². The second-order valence-corrected chi connectivity index (χ2v) is 2.01. The first-order chi connectivity index (χ1) is 5.24. The van der Waals surface area contributed by atoms with Crippen LogP contribution in [0.25, 0.3) is 0 Å². The molecule has 11 heavy (non-hydrogen) atoms. The minimum Gasteiger partial charge on any atom is -0.326 e. The average Bonchev–Trinajstić information content (AvgIpc) is 1.98. The Hall–Kier alpha value is -1.63. The summed E-state index contributed by atoms with van der Waals surface area (Å²) in [6, 6.07) is 2.84. The summed E-state index contributed by atoms with van der Waals surface area (Å²) in [7, 11) is 0. The van der Waals surface area contributed by atoms with E-state index in [9.17, 15) is 9.18 Å². The van der Waals surface area contributed by atoms with Gasteiger partial charge in [-0.05, 0) is 0 Å². The first-order valence-electron chi connectivity index (χ1n) is 2.98. The van der Waals surface area contributed by atoms with Crippen molar-refractivity contribution in [3.8, 4) is 6.07 Å². The van der Waals surface area contributed by atoms with Crippen LogP contribution in [-0.2, 0) is 6.42 Å². The molecule has 0 aliphatic rings. The number of hydrogen-bond donors (Lipinski definition) is 1. The Kier molecular flexibility index (Phi) is 2.02. The van der Waals surface area contributed by atoms with E-state index in [2.05, 4.69) is 4.98 Å². The lowest BCUT2D eigenvalue weighted by Gasteiger charge is -1.93. The van der Waals surface area contributed by atoms with E-state index in [4.69, 9.17) is 5.26 Å². The molecule has 0 radical (unpaired) electrons. The maximum atomic E-state index is 12.6. The smallest absolute Gasteiger partial charge is 0.248 e. The number of nitrogens with one attached hydrogen (secondary N) is 1. The number of aromatic nitrogens is 1. The van der Waals surface area contributed by atoms with Crippen molar-refractivity contribution in [2.45, 2.75) is 6.42 Å². The van der Waals surface area contributed by atoms with Crippen molar-refractivity contribution < 1.29 is 4.39 Å². The van der Waals surface area contributed by atoms with Crippen LogP contribution in [0.1, 0.15) is 5.56 Å². The summed E-state index contributed by atoms with van der Waals surface area (Å²) in [6.45, 7) is 0. The highest BCUT2D eigenvalue weighted by molar-refractivity contribution is 5.16. The number of hydrogen-bond acceptors (Lipinski definition) is 2. The van der Waals surface area contributed by atoms with E-state index >= 15 is 0 Å². The van der Waals surface area contributed by atoms with E-state index in [0.717, 1.165) is 12.3 Å². The zero-order valence-corrected chi connectivity index (χ0v) is 5.60. The zero-order chi connectivity index (χ0) is 8.27. The fourth-order valence-corrected chi connectivity index (χ4v) is 0.717. The fraction of sp³-hybridized carbons (Fsp3) is 0.143. The summed E-state index contributed by atoms with van der Waals surface area (Å²) in [5, 5.41) is 8.21. The molecule has 0 aliphatic heterocycles. The first-order valence-corrected chi connectivity index (χ1v) is 2.98. The standard InChI is InChI=1S/C7H5FN2O/c8-6-4-10-7(11)3-5(6)1-2-9/h3-4H,1H2,(H,10,11). The largest absolute Gasteiger partial charge is 0.326 e. The van der Waals surface area contributed by atoms with Crippen molar-refractivity contribution in [1.82, 2.24) is 4.98 Å². The van der Waals surface area contributed by atoms with Gasteiger partial charge in [0.1, 0.15) is 5.82 Å². The Morgan fingerprint density at radius 3 is 3.09 bits per heavy atom. The lowest BCUT2D eigenvalue weighted by atomic mass is 10.2. The van der Waals surface area contributed by atoms with Crippen molar-refractivity contribution in [2.75, 3.05) is 0 Å².